The van der Waals surface area contributed by atoms with Gasteiger partial charge in [-0.15, -0.1) is 0 Å². The Kier molecular flexibility index (Phi) is 7.09. The standard InChI is InChI=1S/C25H19ClN2O7/c1-33-14-18-17-9-5-6-10-21(17)34-23(18)25(30)35-22(15-7-3-2-4-8-15)24(29)27-20-12-11-16(28(31)32)13-19(20)26/h2-13,22H,14H2,1H3,(H,27,29). The highest BCUT2D eigenvalue weighted by molar-refractivity contribution is 6.34. The van der Waals surface area contributed by atoms with E-state index in [0.29, 0.717) is 22.1 Å². The fraction of sp³-hybridized carbons (Fsp3) is 0.120. The monoisotopic (exact) mass is 494 g/mol. The van der Waals surface area contributed by atoms with E-state index in [1.54, 1.807) is 54.6 Å². The minimum Gasteiger partial charge on any atom is -0.449 e. The minimum absolute atomic E-state index is 0.0367. The van der Waals surface area contributed by atoms with Gasteiger partial charge in [-0.1, -0.05) is 60.1 Å². The molecular weight excluding hydrogens is 476 g/mol. The first-order valence-corrected chi connectivity index (χ1v) is 10.8. The van der Waals surface area contributed by atoms with Crippen LogP contribution in [0.1, 0.15) is 27.8 Å². The number of fused-ring (bicyclic) bond motifs is 1. The molecule has 1 unspecified atom stereocenters. The Morgan fingerprint density at radius 3 is 2.49 bits per heavy atom. The molecule has 1 amide bonds. The zero-order valence-electron chi connectivity index (χ0n) is 18.4. The van der Waals surface area contributed by atoms with Crippen molar-refractivity contribution in [1.82, 2.24) is 0 Å². The highest BCUT2D eigenvalue weighted by Crippen LogP contribution is 2.31. The zero-order valence-corrected chi connectivity index (χ0v) is 19.2. The summed E-state index contributed by atoms with van der Waals surface area (Å²) in [6.07, 6.45) is -1.36. The number of ether oxygens (including phenoxy) is 2. The van der Waals surface area contributed by atoms with E-state index in [4.69, 9.17) is 25.5 Å². The summed E-state index contributed by atoms with van der Waals surface area (Å²) in [6.45, 7) is 0.0993. The minimum atomic E-state index is -1.36. The number of benzene rings is 3. The van der Waals surface area contributed by atoms with E-state index in [9.17, 15) is 19.7 Å². The number of rotatable bonds is 8. The maximum atomic E-state index is 13.2. The Balaban J connectivity index is 1.65. The highest BCUT2D eigenvalue weighted by atomic mass is 35.5. The number of non-ortho nitro benzene ring substituents is 1. The van der Waals surface area contributed by atoms with Crippen molar-refractivity contribution in [3.05, 3.63) is 105 Å². The number of furan rings is 1. The van der Waals surface area contributed by atoms with Crippen LogP contribution in [0.15, 0.2) is 77.2 Å². The number of amides is 1. The van der Waals surface area contributed by atoms with Crippen molar-refractivity contribution < 1.29 is 28.4 Å². The molecule has 178 valence electrons. The van der Waals surface area contributed by atoms with Crippen LogP contribution in [0, 0.1) is 10.1 Å². The molecular formula is C25H19ClN2O7. The van der Waals surface area contributed by atoms with E-state index in [2.05, 4.69) is 5.32 Å². The molecule has 1 N–H and O–H groups in total. The van der Waals surface area contributed by atoms with Gasteiger partial charge in [0.15, 0.2) is 0 Å². The van der Waals surface area contributed by atoms with E-state index in [0.717, 1.165) is 6.07 Å². The van der Waals surface area contributed by atoms with E-state index in [1.807, 2.05) is 0 Å². The molecule has 0 fully saturated rings. The number of carbonyl (C=O) groups excluding carboxylic acids is 2. The molecule has 0 saturated heterocycles. The summed E-state index contributed by atoms with van der Waals surface area (Å²) in [5, 5.41) is 14.2. The van der Waals surface area contributed by atoms with E-state index >= 15 is 0 Å². The van der Waals surface area contributed by atoms with Crippen LogP contribution < -0.4 is 5.32 Å². The lowest BCUT2D eigenvalue weighted by molar-refractivity contribution is -0.384. The van der Waals surface area contributed by atoms with Crippen LogP contribution in [-0.2, 0) is 20.9 Å². The second-order valence-corrected chi connectivity index (χ2v) is 7.85. The van der Waals surface area contributed by atoms with Gasteiger partial charge in [-0.3, -0.25) is 14.9 Å². The van der Waals surface area contributed by atoms with Gasteiger partial charge < -0.3 is 19.2 Å². The third kappa shape index (κ3) is 5.16. The summed E-state index contributed by atoms with van der Waals surface area (Å²) in [4.78, 5) is 36.7. The first-order chi connectivity index (χ1) is 16.9. The molecule has 0 aliphatic rings. The average molecular weight is 495 g/mol. The average Bonchev–Trinajstić information content (AvgIpc) is 3.23. The van der Waals surface area contributed by atoms with Crippen molar-refractivity contribution >= 4 is 45.8 Å². The molecule has 1 aromatic heterocycles. The molecule has 1 heterocycles. The molecule has 0 bridgehead atoms. The van der Waals surface area contributed by atoms with Gasteiger partial charge in [-0.2, -0.15) is 0 Å². The molecule has 0 aliphatic heterocycles. The number of nitrogens with zero attached hydrogens (tertiary/aromatic N) is 1. The number of hydrogen-bond donors (Lipinski definition) is 1. The Morgan fingerprint density at radius 1 is 1.09 bits per heavy atom. The number of nitro benzene ring substituents is 1. The number of anilines is 1. The quantitative estimate of drug-likeness (QED) is 0.190. The second kappa shape index (κ2) is 10.4. The number of nitro groups is 1. The maximum Gasteiger partial charge on any atom is 0.375 e. The number of nitrogens with one attached hydrogen (secondary N) is 1. The van der Waals surface area contributed by atoms with Crippen LogP contribution in [-0.4, -0.2) is 23.9 Å². The number of carbonyl (C=O) groups is 2. The molecule has 3 aromatic carbocycles. The lowest BCUT2D eigenvalue weighted by atomic mass is 10.1. The number of hydrogen-bond acceptors (Lipinski definition) is 7. The molecule has 4 rings (SSSR count). The van der Waals surface area contributed by atoms with Gasteiger partial charge >= 0.3 is 5.97 Å². The number of methoxy groups -OCH3 is 1. The van der Waals surface area contributed by atoms with Gasteiger partial charge in [0.25, 0.3) is 11.6 Å². The van der Waals surface area contributed by atoms with Crippen molar-refractivity contribution in [3.8, 4) is 0 Å². The Bertz CT molecular complexity index is 1400. The summed E-state index contributed by atoms with van der Waals surface area (Å²) in [6, 6.07) is 19.1. The lowest BCUT2D eigenvalue weighted by Crippen LogP contribution is -2.26. The molecule has 0 radical (unpaired) electrons. The zero-order chi connectivity index (χ0) is 24.9. The van der Waals surface area contributed by atoms with Crippen molar-refractivity contribution in [2.24, 2.45) is 0 Å². The Morgan fingerprint density at radius 2 is 1.80 bits per heavy atom. The molecule has 35 heavy (non-hydrogen) atoms. The largest absolute Gasteiger partial charge is 0.449 e. The Hall–Kier alpha value is -4.21. The molecule has 10 heteroatoms. The van der Waals surface area contributed by atoms with E-state index < -0.39 is 22.9 Å². The van der Waals surface area contributed by atoms with Crippen LogP contribution in [0.4, 0.5) is 11.4 Å². The van der Waals surface area contributed by atoms with Crippen LogP contribution in [0.25, 0.3) is 11.0 Å². The molecule has 0 aliphatic carbocycles. The summed E-state index contributed by atoms with van der Waals surface area (Å²) in [5.74, 6) is -1.63. The van der Waals surface area contributed by atoms with Crippen molar-refractivity contribution in [1.29, 1.82) is 0 Å². The van der Waals surface area contributed by atoms with Crippen LogP contribution in [0.2, 0.25) is 5.02 Å². The highest BCUT2D eigenvalue weighted by Gasteiger charge is 2.30. The SMILES string of the molecule is COCc1c(C(=O)OC(C(=O)Nc2ccc([N+](=O)[O-])cc2Cl)c2ccccc2)oc2ccccc12. The van der Waals surface area contributed by atoms with Crippen molar-refractivity contribution in [2.75, 3.05) is 12.4 Å². The molecule has 1 atom stereocenters. The van der Waals surface area contributed by atoms with Gasteiger partial charge in [-0.05, 0) is 12.1 Å². The van der Waals surface area contributed by atoms with Crippen LogP contribution >= 0.6 is 11.6 Å². The van der Waals surface area contributed by atoms with Crippen molar-refractivity contribution in [3.63, 3.8) is 0 Å². The molecule has 9 nitrogen and oxygen atoms in total. The first kappa shape index (κ1) is 23.9. The summed E-state index contributed by atoms with van der Waals surface area (Å²) in [5.41, 5.74) is 1.28. The van der Waals surface area contributed by atoms with E-state index in [1.165, 1.54) is 19.2 Å². The van der Waals surface area contributed by atoms with Gasteiger partial charge in [0.05, 0.1) is 22.2 Å². The number of para-hydroxylation sites is 1. The predicted molar refractivity (Wildman–Crippen MR) is 128 cm³/mol. The third-order valence-corrected chi connectivity index (χ3v) is 5.47. The van der Waals surface area contributed by atoms with Gasteiger partial charge in [0, 0.05) is 35.8 Å². The van der Waals surface area contributed by atoms with Crippen LogP contribution in [0.5, 0.6) is 0 Å². The van der Waals surface area contributed by atoms with Gasteiger partial charge in [0.1, 0.15) is 5.58 Å². The second-order valence-electron chi connectivity index (χ2n) is 7.45. The molecule has 0 saturated carbocycles. The predicted octanol–water partition coefficient (Wildman–Crippen LogP) is 5.68. The van der Waals surface area contributed by atoms with Gasteiger partial charge in [0.2, 0.25) is 11.9 Å². The summed E-state index contributed by atoms with van der Waals surface area (Å²) in [7, 11) is 1.49. The molecule has 0 spiro atoms. The summed E-state index contributed by atoms with van der Waals surface area (Å²) < 4.78 is 16.6. The van der Waals surface area contributed by atoms with E-state index in [-0.39, 0.29) is 28.8 Å². The fourth-order valence-electron chi connectivity index (χ4n) is 3.53. The fourth-order valence-corrected chi connectivity index (χ4v) is 3.75. The number of halogens is 1. The maximum absolute atomic E-state index is 13.2. The Labute approximate surface area is 204 Å². The smallest absolute Gasteiger partial charge is 0.375 e. The van der Waals surface area contributed by atoms with Gasteiger partial charge in [-0.25, -0.2) is 4.79 Å². The third-order valence-electron chi connectivity index (χ3n) is 5.16. The lowest BCUT2D eigenvalue weighted by Gasteiger charge is -2.18. The normalized spacial score (nSPS) is 11.7. The molecule has 4 aromatic rings. The number of esters is 1. The van der Waals surface area contributed by atoms with Crippen LogP contribution in [0.3, 0.4) is 0 Å². The topological polar surface area (TPSA) is 121 Å². The summed E-state index contributed by atoms with van der Waals surface area (Å²) >= 11 is 6.11. The first-order valence-electron chi connectivity index (χ1n) is 10.4. The van der Waals surface area contributed by atoms with Crippen molar-refractivity contribution in [2.45, 2.75) is 12.7 Å².